The fraction of sp³-hybridized carbons (Fsp3) is 0.737. The fourth-order valence-electron chi connectivity index (χ4n) is 3.43. The zero-order valence-electron chi connectivity index (χ0n) is 16.3. The number of piperidine rings is 1. The molecule has 6 nitrogen and oxygen atoms in total. The van der Waals surface area contributed by atoms with E-state index in [0.29, 0.717) is 31.2 Å². The van der Waals surface area contributed by atoms with Crippen LogP contribution < -0.4 is 5.32 Å². The van der Waals surface area contributed by atoms with Crippen molar-refractivity contribution in [3.8, 4) is 0 Å². The summed E-state index contributed by atoms with van der Waals surface area (Å²) in [6.45, 7) is 6.06. The minimum absolute atomic E-state index is 0.206. The third kappa shape index (κ3) is 5.10. The van der Waals surface area contributed by atoms with E-state index in [4.69, 9.17) is 0 Å². The number of nitrogens with zero attached hydrogens (tertiary/aromatic N) is 2. The summed E-state index contributed by atoms with van der Waals surface area (Å²) in [5.74, 6) is 0.262. The first-order valence-electron chi connectivity index (χ1n) is 9.84. The molecule has 0 aromatic carbocycles. The minimum Gasteiger partial charge on any atom is -0.350 e. The molecule has 1 unspecified atom stereocenters. The van der Waals surface area contributed by atoms with Crippen molar-refractivity contribution in [1.82, 2.24) is 14.2 Å². The lowest BCUT2D eigenvalue weighted by atomic mass is 9.99. The first-order valence-corrected chi connectivity index (χ1v) is 11.3. The van der Waals surface area contributed by atoms with Gasteiger partial charge >= 0.3 is 0 Å². The molecular formula is C19H33N3O3S. The predicted molar refractivity (Wildman–Crippen MR) is 104 cm³/mol. The normalized spacial score (nSPS) is 17.2. The van der Waals surface area contributed by atoms with Gasteiger partial charge in [0.15, 0.2) is 0 Å². The molecule has 1 aromatic rings. The first-order chi connectivity index (χ1) is 12.4. The number of sulfonamides is 1. The van der Waals surface area contributed by atoms with Gasteiger partial charge in [-0.3, -0.25) is 4.79 Å². The van der Waals surface area contributed by atoms with Gasteiger partial charge in [0.2, 0.25) is 10.0 Å². The zero-order valence-corrected chi connectivity index (χ0v) is 17.1. The maximum Gasteiger partial charge on any atom is 0.267 e. The molecule has 1 aliphatic heterocycles. The number of amides is 1. The summed E-state index contributed by atoms with van der Waals surface area (Å²) in [5.41, 5.74) is 0.394. The SMILES string of the molecule is CCCCC(CC)CNC(=O)c1cc(S(=O)(=O)N2CCCCC2)cn1C. The van der Waals surface area contributed by atoms with Gasteiger partial charge in [0.1, 0.15) is 10.6 Å². The highest BCUT2D eigenvalue weighted by molar-refractivity contribution is 7.89. The summed E-state index contributed by atoms with van der Waals surface area (Å²) >= 11 is 0. The zero-order chi connectivity index (χ0) is 19.2. The van der Waals surface area contributed by atoms with Crippen molar-refractivity contribution in [3.63, 3.8) is 0 Å². The minimum atomic E-state index is -3.51. The van der Waals surface area contributed by atoms with Gasteiger partial charge in [-0.2, -0.15) is 4.31 Å². The summed E-state index contributed by atoms with van der Waals surface area (Å²) in [6, 6.07) is 1.51. The van der Waals surface area contributed by atoms with Crippen LogP contribution in [0.3, 0.4) is 0 Å². The number of carbonyl (C=O) groups is 1. The monoisotopic (exact) mass is 383 g/mol. The van der Waals surface area contributed by atoms with Crippen molar-refractivity contribution in [2.75, 3.05) is 19.6 Å². The van der Waals surface area contributed by atoms with Crippen molar-refractivity contribution in [3.05, 3.63) is 18.0 Å². The second kappa shape index (κ2) is 9.55. The van der Waals surface area contributed by atoms with E-state index in [1.807, 2.05) is 0 Å². The van der Waals surface area contributed by atoms with E-state index in [1.54, 1.807) is 17.8 Å². The predicted octanol–water partition coefficient (Wildman–Crippen LogP) is 3.15. The first kappa shape index (κ1) is 21.0. The number of hydrogen-bond acceptors (Lipinski definition) is 3. The summed E-state index contributed by atoms with van der Waals surface area (Å²) in [7, 11) is -1.79. The standard InChI is InChI=1S/C19H33N3O3S/c1-4-6-10-16(5-2)14-20-19(23)18-13-17(15-21(18)3)26(24,25)22-11-8-7-9-12-22/h13,15-16H,4-12,14H2,1-3H3,(H,20,23). The second-order valence-corrected chi connectivity index (χ2v) is 9.20. The number of unbranched alkanes of at least 4 members (excludes halogenated alkanes) is 1. The molecule has 1 atom stereocenters. The van der Waals surface area contributed by atoms with Crippen LogP contribution in [0.5, 0.6) is 0 Å². The Morgan fingerprint density at radius 3 is 2.54 bits per heavy atom. The van der Waals surface area contributed by atoms with Crippen molar-refractivity contribution < 1.29 is 13.2 Å². The number of rotatable bonds is 9. The second-order valence-electron chi connectivity index (χ2n) is 7.26. The fourth-order valence-corrected chi connectivity index (χ4v) is 5.02. The van der Waals surface area contributed by atoms with Crippen molar-refractivity contribution >= 4 is 15.9 Å². The molecule has 0 aliphatic carbocycles. The molecule has 0 spiro atoms. The molecule has 1 N–H and O–H groups in total. The molecule has 1 aromatic heterocycles. The lowest BCUT2D eigenvalue weighted by Crippen LogP contribution is -2.35. The Labute approximate surface area is 158 Å². The molecule has 1 saturated heterocycles. The van der Waals surface area contributed by atoms with Gasteiger partial charge in [-0.15, -0.1) is 0 Å². The van der Waals surface area contributed by atoms with Crippen LogP contribution in [0.4, 0.5) is 0 Å². The van der Waals surface area contributed by atoms with Crippen LogP contribution >= 0.6 is 0 Å². The Morgan fingerprint density at radius 2 is 1.92 bits per heavy atom. The van der Waals surface area contributed by atoms with Gasteiger partial charge in [-0.1, -0.05) is 39.5 Å². The molecule has 0 radical (unpaired) electrons. The molecule has 7 heteroatoms. The third-order valence-corrected chi connectivity index (χ3v) is 7.12. The number of nitrogens with one attached hydrogen (secondary N) is 1. The maximum absolute atomic E-state index is 12.8. The molecule has 1 fully saturated rings. The summed E-state index contributed by atoms with van der Waals surface area (Å²) in [4.78, 5) is 12.7. The molecule has 1 aliphatic rings. The molecule has 26 heavy (non-hydrogen) atoms. The summed E-state index contributed by atoms with van der Waals surface area (Å²) in [5, 5.41) is 2.98. The van der Waals surface area contributed by atoms with E-state index >= 15 is 0 Å². The van der Waals surface area contributed by atoms with Crippen LogP contribution in [-0.4, -0.2) is 42.8 Å². The smallest absolute Gasteiger partial charge is 0.267 e. The Balaban J connectivity index is 2.05. The van der Waals surface area contributed by atoms with Gasteiger partial charge in [-0.25, -0.2) is 8.42 Å². The number of aromatic nitrogens is 1. The van der Waals surface area contributed by atoms with E-state index < -0.39 is 10.0 Å². The molecule has 2 rings (SSSR count). The van der Waals surface area contributed by atoms with E-state index in [1.165, 1.54) is 10.4 Å². The Kier molecular flexibility index (Phi) is 7.70. The quantitative estimate of drug-likeness (QED) is 0.712. The van der Waals surface area contributed by atoms with Crippen LogP contribution in [0, 0.1) is 5.92 Å². The number of hydrogen-bond donors (Lipinski definition) is 1. The van der Waals surface area contributed by atoms with Gasteiger partial charge < -0.3 is 9.88 Å². The van der Waals surface area contributed by atoms with E-state index in [0.717, 1.165) is 44.9 Å². The van der Waals surface area contributed by atoms with E-state index in [2.05, 4.69) is 19.2 Å². The molecule has 0 saturated carbocycles. The number of aryl methyl sites for hydroxylation is 1. The van der Waals surface area contributed by atoms with Gasteiger partial charge in [0.25, 0.3) is 5.91 Å². The summed E-state index contributed by atoms with van der Waals surface area (Å²) < 4.78 is 28.7. The highest BCUT2D eigenvalue weighted by Crippen LogP contribution is 2.22. The number of carbonyl (C=O) groups excluding carboxylic acids is 1. The molecule has 0 bridgehead atoms. The molecular weight excluding hydrogens is 350 g/mol. The van der Waals surface area contributed by atoms with Crippen molar-refractivity contribution in [2.24, 2.45) is 13.0 Å². The van der Waals surface area contributed by atoms with Crippen molar-refractivity contribution in [2.45, 2.75) is 63.7 Å². The largest absolute Gasteiger partial charge is 0.350 e. The van der Waals surface area contributed by atoms with Crippen molar-refractivity contribution in [1.29, 1.82) is 0 Å². The highest BCUT2D eigenvalue weighted by atomic mass is 32.2. The Hall–Kier alpha value is -1.34. The van der Waals surface area contributed by atoms with Gasteiger partial charge in [-0.05, 0) is 31.2 Å². The molecule has 2 heterocycles. The average Bonchev–Trinajstić information content (AvgIpc) is 3.05. The molecule has 1 amide bonds. The highest BCUT2D eigenvalue weighted by Gasteiger charge is 2.28. The van der Waals surface area contributed by atoms with Crippen LogP contribution in [-0.2, 0) is 17.1 Å². The average molecular weight is 384 g/mol. The van der Waals surface area contributed by atoms with Crippen LogP contribution in [0.25, 0.3) is 0 Å². The third-order valence-electron chi connectivity index (χ3n) is 5.26. The topological polar surface area (TPSA) is 71.4 Å². The van der Waals surface area contributed by atoms with Gasteiger partial charge in [0.05, 0.1) is 0 Å². The lowest BCUT2D eigenvalue weighted by molar-refractivity contribution is 0.0937. The molecule has 148 valence electrons. The van der Waals surface area contributed by atoms with Crippen LogP contribution in [0.2, 0.25) is 0 Å². The lowest BCUT2D eigenvalue weighted by Gasteiger charge is -2.25. The van der Waals surface area contributed by atoms with Crippen LogP contribution in [0.1, 0.15) is 69.3 Å². The Morgan fingerprint density at radius 1 is 1.23 bits per heavy atom. The summed E-state index contributed by atoms with van der Waals surface area (Å²) in [6.07, 6.45) is 8.87. The Bertz CT molecular complexity index is 691. The van der Waals surface area contributed by atoms with Crippen LogP contribution in [0.15, 0.2) is 17.2 Å². The maximum atomic E-state index is 12.8. The van der Waals surface area contributed by atoms with Gasteiger partial charge in [0, 0.05) is 32.9 Å². The van der Waals surface area contributed by atoms with E-state index in [-0.39, 0.29) is 10.8 Å². The van der Waals surface area contributed by atoms with E-state index in [9.17, 15) is 13.2 Å².